The van der Waals surface area contributed by atoms with Crippen molar-refractivity contribution in [2.75, 3.05) is 0 Å². The van der Waals surface area contributed by atoms with E-state index in [1.54, 1.807) is 0 Å². The van der Waals surface area contributed by atoms with Crippen molar-refractivity contribution in [3.05, 3.63) is 70.3 Å². The molecule has 2 aromatic rings. The van der Waals surface area contributed by atoms with Gasteiger partial charge in [0.05, 0.1) is 5.71 Å². The van der Waals surface area contributed by atoms with Crippen LogP contribution in [0.2, 0.25) is 0 Å². The number of amides is 2. The van der Waals surface area contributed by atoms with Gasteiger partial charge in [0.15, 0.2) is 0 Å². The van der Waals surface area contributed by atoms with Crippen LogP contribution in [0.15, 0.2) is 47.6 Å². The van der Waals surface area contributed by atoms with Crippen molar-refractivity contribution >= 4 is 17.5 Å². The Kier molecular flexibility index (Phi) is 4.91. The van der Waals surface area contributed by atoms with Crippen LogP contribution in [0, 0.1) is 13.8 Å². The molecule has 0 aliphatic carbocycles. The van der Waals surface area contributed by atoms with E-state index in [4.69, 9.17) is 5.73 Å². The van der Waals surface area contributed by atoms with Crippen LogP contribution in [0.5, 0.6) is 0 Å². The Morgan fingerprint density at radius 1 is 1.00 bits per heavy atom. The number of carbonyl (C=O) groups excluding carboxylic acids is 2. The lowest BCUT2D eigenvalue weighted by molar-refractivity contribution is 0.0952. The summed E-state index contributed by atoms with van der Waals surface area (Å²) in [5.41, 5.74) is 12.4. The normalized spacial score (nSPS) is 11.2. The number of nitrogens with two attached hydrogens (primary N) is 1. The predicted octanol–water partition coefficient (Wildman–Crippen LogP) is 2.56. The van der Waals surface area contributed by atoms with Gasteiger partial charge in [0, 0.05) is 16.7 Å². The number of carbonyl (C=O) groups is 2. The van der Waals surface area contributed by atoms with E-state index in [1.807, 2.05) is 32.9 Å². The largest absolute Gasteiger partial charge is 0.366 e. The molecule has 5 heteroatoms. The molecule has 0 radical (unpaired) electrons. The van der Waals surface area contributed by atoms with Crippen LogP contribution < -0.4 is 11.2 Å². The molecule has 0 aromatic heterocycles. The maximum atomic E-state index is 12.1. The lowest BCUT2D eigenvalue weighted by atomic mass is 10.0. The number of aryl methyl sites for hydroxylation is 2. The molecule has 0 atom stereocenters. The summed E-state index contributed by atoms with van der Waals surface area (Å²) < 4.78 is 0. The third-order valence-corrected chi connectivity index (χ3v) is 3.53. The van der Waals surface area contributed by atoms with Gasteiger partial charge in [-0.25, -0.2) is 5.43 Å². The smallest absolute Gasteiger partial charge is 0.271 e. The number of hydrogen-bond acceptors (Lipinski definition) is 3. The number of primary amides is 1. The highest BCUT2D eigenvalue weighted by molar-refractivity contribution is 6.02. The van der Waals surface area contributed by atoms with Crippen molar-refractivity contribution in [3.8, 4) is 0 Å². The van der Waals surface area contributed by atoms with Crippen LogP contribution >= 0.6 is 0 Å². The molecule has 0 aliphatic rings. The fourth-order valence-corrected chi connectivity index (χ4v) is 2.26. The minimum absolute atomic E-state index is 0.342. The monoisotopic (exact) mass is 309 g/mol. The van der Waals surface area contributed by atoms with Crippen LogP contribution in [-0.4, -0.2) is 17.5 Å². The highest BCUT2D eigenvalue weighted by Crippen LogP contribution is 2.11. The third kappa shape index (κ3) is 4.03. The van der Waals surface area contributed by atoms with E-state index in [0.717, 1.165) is 16.8 Å². The van der Waals surface area contributed by atoms with E-state index in [1.165, 1.54) is 29.8 Å². The highest BCUT2D eigenvalue weighted by atomic mass is 16.2. The fraction of sp³-hybridized carbons (Fsp3) is 0.167. The van der Waals surface area contributed by atoms with Gasteiger partial charge in [-0.3, -0.25) is 9.59 Å². The van der Waals surface area contributed by atoms with Crippen molar-refractivity contribution in [2.45, 2.75) is 20.8 Å². The summed E-state index contributed by atoms with van der Waals surface area (Å²) >= 11 is 0. The van der Waals surface area contributed by atoms with E-state index >= 15 is 0 Å². The Morgan fingerprint density at radius 2 is 1.61 bits per heavy atom. The number of nitrogens with one attached hydrogen (secondary N) is 1. The SMILES string of the molecule is C/C(=N/NC(=O)c1ccc(C(N)=O)cc1)c1ccc(C)cc1C. The molecule has 0 saturated carbocycles. The maximum Gasteiger partial charge on any atom is 0.271 e. The molecule has 0 heterocycles. The second-order valence-electron chi connectivity index (χ2n) is 5.40. The quantitative estimate of drug-likeness (QED) is 0.672. The number of benzene rings is 2. The van der Waals surface area contributed by atoms with Gasteiger partial charge < -0.3 is 5.73 Å². The summed E-state index contributed by atoms with van der Waals surface area (Å²) in [5.74, 6) is -0.870. The van der Waals surface area contributed by atoms with Crippen molar-refractivity contribution in [1.82, 2.24) is 5.43 Å². The topological polar surface area (TPSA) is 84.6 Å². The van der Waals surface area contributed by atoms with E-state index < -0.39 is 5.91 Å². The Labute approximate surface area is 135 Å². The summed E-state index contributed by atoms with van der Waals surface area (Å²) in [6.07, 6.45) is 0. The van der Waals surface area contributed by atoms with Gasteiger partial charge >= 0.3 is 0 Å². The standard InChI is InChI=1S/C18H19N3O2/c1-11-4-9-16(12(2)10-11)13(3)20-21-18(23)15-7-5-14(6-8-15)17(19)22/h4-10H,1-3H3,(H2,19,22)(H,21,23)/b20-13-. The van der Waals surface area contributed by atoms with E-state index in [-0.39, 0.29) is 5.91 Å². The Morgan fingerprint density at radius 3 is 2.17 bits per heavy atom. The average Bonchev–Trinajstić information content (AvgIpc) is 2.52. The second-order valence-corrected chi connectivity index (χ2v) is 5.40. The average molecular weight is 309 g/mol. The van der Waals surface area contributed by atoms with Gasteiger partial charge in [-0.15, -0.1) is 0 Å². The van der Waals surface area contributed by atoms with Crippen LogP contribution in [-0.2, 0) is 0 Å². The van der Waals surface area contributed by atoms with Crippen molar-refractivity contribution in [1.29, 1.82) is 0 Å². The zero-order valence-corrected chi connectivity index (χ0v) is 13.4. The first-order valence-electron chi connectivity index (χ1n) is 7.20. The first kappa shape index (κ1) is 16.4. The molecule has 2 aromatic carbocycles. The molecule has 0 spiro atoms. The van der Waals surface area contributed by atoms with Crippen LogP contribution in [0.3, 0.4) is 0 Å². The van der Waals surface area contributed by atoms with Gasteiger partial charge in [-0.2, -0.15) is 5.10 Å². The first-order valence-corrected chi connectivity index (χ1v) is 7.20. The molecular weight excluding hydrogens is 290 g/mol. The number of rotatable bonds is 4. The molecule has 2 rings (SSSR count). The van der Waals surface area contributed by atoms with Crippen molar-refractivity contribution < 1.29 is 9.59 Å². The van der Waals surface area contributed by atoms with Gasteiger partial charge in [0.2, 0.25) is 5.91 Å². The summed E-state index contributed by atoms with van der Waals surface area (Å²) in [7, 11) is 0. The zero-order chi connectivity index (χ0) is 17.0. The molecule has 2 amide bonds. The molecule has 0 unspecified atom stereocenters. The molecule has 5 nitrogen and oxygen atoms in total. The number of hydrogen-bond donors (Lipinski definition) is 2. The molecule has 0 saturated heterocycles. The summed E-state index contributed by atoms with van der Waals surface area (Å²) in [4.78, 5) is 23.1. The van der Waals surface area contributed by atoms with Crippen LogP contribution in [0.4, 0.5) is 0 Å². The summed E-state index contributed by atoms with van der Waals surface area (Å²) in [6, 6.07) is 12.2. The zero-order valence-electron chi connectivity index (χ0n) is 13.4. The molecule has 0 fully saturated rings. The lowest BCUT2D eigenvalue weighted by Crippen LogP contribution is -2.20. The predicted molar refractivity (Wildman–Crippen MR) is 90.6 cm³/mol. The molecule has 0 aliphatic heterocycles. The fourth-order valence-electron chi connectivity index (χ4n) is 2.26. The van der Waals surface area contributed by atoms with Gasteiger partial charge in [0.1, 0.15) is 0 Å². The third-order valence-electron chi connectivity index (χ3n) is 3.53. The highest BCUT2D eigenvalue weighted by Gasteiger charge is 2.07. The van der Waals surface area contributed by atoms with E-state index in [0.29, 0.717) is 11.1 Å². The maximum absolute atomic E-state index is 12.1. The van der Waals surface area contributed by atoms with E-state index in [9.17, 15) is 9.59 Å². The van der Waals surface area contributed by atoms with Crippen LogP contribution in [0.25, 0.3) is 0 Å². The summed E-state index contributed by atoms with van der Waals surface area (Å²) in [6.45, 7) is 5.88. The first-order chi connectivity index (χ1) is 10.9. The van der Waals surface area contributed by atoms with Gasteiger partial charge in [-0.1, -0.05) is 23.8 Å². The Bertz CT molecular complexity index is 777. The molecule has 118 valence electrons. The number of nitrogens with zero attached hydrogens (tertiary/aromatic N) is 1. The summed E-state index contributed by atoms with van der Waals surface area (Å²) in [5, 5.41) is 4.14. The minimum Gasteiger partial charge on any atom is -0.366 e. The molecule has 23 heavy (non-hydrogen) atoms. The van der Waals surface area contributed by atoms with Gasteiger partial charge in [0.25, 0.3) is 5.91 Å². The number of hydrazone groups is 1. The van der Waals surface area contributed by atoms with Crippen LogP contribution in [0.1, 0.15) is 44.3 Å². The Balaban J connectivity index is 2.12. The second kappa shape index (κ2) is 6.87. The van der Waals surface area contributed by atoms with Crippen molar-refractivity contribution in [3.63, 3.8) is 0 Å². The Hall–Kier alpha value is -2.95. The molecular formula is C18H19N3O2. The molecule has 0 bridgehead atoms. The lowest BCUT2D eigenvalue weighted by Gasteiger charge is -2.07. The molecule has 3 N–H and O–H groups in total. The van der Waals surface area contributed by atoms with Gasteiger partial charge in [-0.05, 0) is 50.6 Å². The van der Waals surface area contributed by atoms with Crippen molar-refractivity contribution in [2.24, 2.45) is 10.8 Å². The minimum atomic E-state index is -0.527. The van der Waals surface area contributed by atoms with E-state index in [2.05, 4.69) is 16.6 Å².